The summed E-state index contributed by atoms with van der Waals surface area (Å²) in [4.78, 5) is 38.4. The average molecular weight is 477 g/mol. The number of aliphatic carboxylic acids is 1. The molecule has 0 spiro atoms. The van der Waals surface area contributed by atoms with Gasteiger partial charge in [0.15, 0.2) is 0 Å². The lowest BCUT2D eigenvalue weighted by Crippen LogP contribution is -2.39. The van der Waals surface area contributed by atoms with Crippen molar-refractivity contribution in [1.82, 2.24) is 10.2 Å². The molecule has 7 nitrogen and oxygen atoms in total. The van der Waals surface area contributed by atoms with Crippen molar-refractivity contribution in [3.8, 4) is 11.1 Å². The van der Waals surface area contributed by atoms with E-state index in [0.717, 1.165) is 12.8 Å². The number of nitrogens with zero attached hydrogens (tertiary/aromatic N) is 1. The second-order valence-electron chi connectivity index (χ2n) is 10.0. The van der Waals surface area contributed by atoms with Crippen LogP contribution in [0.1, 0.15) is 43.2 Å². The average Bonchev–Trinajstić information content (AvgIpc) is 3.52. The van der Waals surface area contributed by atoms with Gasteiger partial charge in [0, 0.05) is 32.0 Å². The maximum Gasteiger partial charge on any atom is 0.407 e. The summed E-state index contributed by atoms with van der Waals surface area (Å²) in [7, 11) is 0. The SMILES string of the molecule is CCC(CNC(=O)OCC1c2ccccc2-c2ccccc21)CC(=O)N1CC[C@@H]2C(C(=O)O)[C@@H]2C1. The van der Waals surface area contributed by atoms with Crippen molar-refractivity contribution in [3.63, 3.8) is 0 Å². The van der Waals surface area contributed by atoms with E-state index < -0.39 is 12.1 Å². The molecule has 4 atom stereocenters. The molecule has 0 radical (unpaired) electrons. The van der Waals surface area contributed by atoms with Crippen LogP contribution in [0, 0.1) is 23.7 Å². The third-order valence-corrected chi connectivity index (χ3v) is 8.05. The number of hydrogen-bond donors (Lipinski definition) is 2. The molecular formula is C28H32N2O5. The van der Waals surface area contributed by atoms with Gasteiger partial charge in [-0.3, -0.25) is 9.59 Å². The first-order valence-electron chi connectivity index (χ1n) is 12.6. The lowest BCUT2D eigenvalue weighted by Gasteiger charge is -2.28. The van der Waals surface area contributed by atoms with Gasteiger partial charge >= 0.3 is 12.1 Å². The number of piperidine rings is 1. The quantitative estimate of drug-likeness (QED) is 0.598. The summed E-state index contributed by atoms with van der Waals surface area (Å²) in [5.41, 5.74) is 4.71. The Bertz CT molecular complexity index is 1090. The Morgan fingerprint density at radius 2 is 1.71 bits per heavy atom. The molecule has 1 saturated carbocycles. The minimum absolute atomic E-state index is 0.00943. The van der Waals surface area contributed by atoms with Crippen molar-refractivity contribution in [2.75, 3.05) is 26.2 Å². The summed E-state index contributed by atoms with van der Waals surface area (Å²) in [5, 5.41) is 12.1. The summed E-state index contributed by atoms with van der Waals surface area (Å²) < 4.78 is 5.61. The van der Waals surface area contributed by atoms with Gasteiger partial charge in [-0.25, -0.2) is 4.79 Å². The normalized spacial score (nSPS) is 23.0. The van der Waals surface area contributed by atoms with Crippen LogP contribution in [-0.4, -0.2) is 54.2 Å². The Morgan fingerprint density at radius 1 is 1.06 bits per heavy atom. The highest BCUT2D eigenvalue weighted by atomic mass is 16.5. The van der Waals surface area contributed by atoms with E-state index in [0.29, 0.717) is 26.1 Å². The maximum absolute atomic E-state index is 12.8. The molecule has 35 heavy (non-hydrogen) atoms. The predicted molar refractivity (Wildman–Crippen MR) is 131 cm³/mol. The van der Waals surface area contributed by atoms with Crippen LogP contribution >= 0.6 is 0 Å². The predicted octanol–water partition coefficient (Wildman–Crippen LogP) is 4.12. The van der Waals surface area contributed by atoms with Gasteiger partial charge in [0.2, 0.25) is 5.91 Å². The maximum atomic E-state index is 12.8. The molecule has 2 N–H and O–H groups in total. The van der Waals surface area contributed by atoms with Crippen LogP contribution in [-0.2, 0) is 14.3 Å². The largest absolute Gasteiger partial charge is 0.481 e. The Morgan fingerprint density at radius 3 is 2.34 bits per heavy atom. The van der Waals surface area contributed by atoms with E-state index in [2.05, 4.69) is 29.6 Å². The molecule has 0 aromatic heterocycles. The van der Waals surface area contributed by atoms with Crippen LogP contribution in [0.4, 0.5) is 4.79 Å². The summed E-state index contributed by atoms with van der Waals surface area (Å²) in [6.45, 7) is 3.80. The number of benzene rings is 2. The van der Waals surface area contributed by atoms with Crippen LogP contribution in [0.3, 0.4) is 0 Å². The lowest BCUT2D eigenvalue weighted by atomic mass is 9.98. The summed E-state index contributed by atoms with van der Waals surface area (Å²) >= 11 is 0. The lowest BCUT2D eigenvalue weighted by molar-refractivity contribution is -0.139. The van der Waals surface area contributed by atoms with Crippen molar-refractivity contribution in [2.24, 2.45) is 23.7 Å². The molecule has 7 heteroatoms. The number of amides is 2. The fraction of sp³-hybridized carbons (Fsp3) is 0.464. The van der Waals surface area contributed by atoms with Gasteiger partial charge in [0.05, 0.1) is 5.92 Å². The Balaban J connectivity index is 1.10. The molecule has 2 unspecified atom stereocenters. The van der Waals surface area contributed by atoms with Crippen molar-refractivity contribution in [2.45, 2.75) is 32.1 Å². The number of carboxylic acids is 1. The number of likely N-dealkylation sites (tertiary alicyclic amines) is 1. The van der Waals surface area contributed by atoms with Crippen LogP contribution < -0.4 is 5.32 Å². The summed E-state index contributed by atoms with van der Waals surface area (Å²) in [6, 6.07) is 16.4. The van der Waals surface area contributed by atoms with Gasteiger partial charge in [0.1, 0.15) is 6.61 Å². The van der Waals surface area contributed by atoms with Gasteiger partial charge in [-0.2, -0.15) is 0 Å². The molecule has 184 valence electrons. The van der Waals surface area contributed by atoms with Crippen molar-refractivity contribution in [3.05, 3.63) is 59.7 Å². The molecule has 2 aliphatic carbocycles. The van der Waals surface area contributed by atoms with Crippen LogP contribution in [0.25, 0.3) is 11.1 Å². The molecule has 3 aliphatic rings. The number of hydrogen-bond acceptors (Lipinski definition) is 4. The zero-order valence-electron chi connectivity index (χ0n) is 20.0. The fourth-order valence-corrected chi connectivity index (χ4v) is 5.95. The molecule has 1 aliphatic heterocycles. The van der Waals surface area contributed by atoms with Gasteiger partial charge in [-0.05, 0) is 46.4 Å². The van der Waals surface area contributed by atoms with Crippen LogP contribution in [0.5, 0.6) is 0 Å². The molecule has 2 aromatic carbocycles. The first-order valence-corrected chi connectivity index (χ1v) is 12.6. The summed E-state index contributed by atoms with van der Waals surface area (Å²) in [6.07, 6.45) is 1.39. The number of fused-ring (bicyclic) bond motifs is 4. The number of ether oxygens (including phenoxy) is 1. The molecule has 0 bridgehead atoms. The van der Waals surface area contributed by atoms with Crippen LogP contribution in [0.2, 0.25) is 0 Å². The van der Waals surface area contributed by atoms with Crippen LogP contribution in [0.15, 0.2) is 48.5 Å². The highest BCUT2D eigenvalue weighted by molar-refractivity contribution is 5.80. The van der Waals surface area contributed by atoms with E-state index >= 15 is 0 Å². The number of carbonyl (C=O) groups excluding carboxylic acids is 2. The number of rotatable bonds is 8. The Kier molecular flexibility index (Phi) is 6.50. The standard InChI is InChI=1S/C28H32N2O5/c1-2-17(13-25(31)30-12-11-22-23(15-30)26(22)27(32)33)14-29-28(34)35-16-24-20-9-5-3-7-18(20)19-8-4-6-10-21(19)24/h3-10,17,22-24,26H,2,11-16H2,1H3,(H,29,34)(H,32,33)/t17?,22-,23+,26?/m0/s1. The molecule has 1 heterocycles. The second kappa shape index (κ2) is 9.72. The van der Waals surface area contributed by atoms with Crippen molar-refractivity contribution < 1.29 is 24.2 Å². The highest BCUT2D eigenvalue weighted by Crippen LogP contribution is 2.51. The topological polar surface area (TPSA) is 95.9 Å². The number of carboxylic acid groups (broad SMARTS) is 1. The van der Waals surface area contributed by atoms with Gasteiger partial charge in [-0.1, -0.05) is 61.9 Å². The minimum atomic E-state index is -0.743. The zero-order valence-corrected chi connectivity index (χ0v) is 20.0. The Labute approximate surface area is 205 Å². The van der Waals surface area contributed by atoms with E-state index in [1.807, 2.05) is 31.2 Å². The molecule has 2 aromatic rings. The molecule has 5 rings (SSSR count). The van der Waals surface area contributed by atoms with Crippen molar-refractivity contribution in [1.29, 1.82) is 0 Å². The Hall–Kier alpha value is -3.35. The number of nitrogens with one attached hydrogen (secondary N) is 1. The van der Waals surface area contributed by atoms with E-state index in [9.17, 15) is 19.5 Å². The third-order valence-electron chi connectivity index (χ3n) is 8.05. The van der Waals surface area contributed by atoms with Crippen molar-refractivity contribution >= 4 is 18.0 Å². The molecular weight excluding hydrogens is 444 g/mol. The van der Waals surface area contributed by atoms with E-state index in [-0.39, 0.29) is 42.1 Å². The first-order chi connectivity index (χ1) is 17.0. The van der Waals surface area contributed by atoms with E-state index in [1.54, 1.807) is 4.90 Å². The number of carbonyl (C=O) groups is 3. The molecule has 2 fully saturated rings. The smallest absolute Gasteiger partial charge is 0.407 e. The molecule has 2 amide bonds. The van der Waals surface area contributed by atoms with Gasteiger partial charge < -0.3 is 20.1 Å². The second-order valence-corrected chi connectivity index (χ2v) is 10.0. The summed E-state index contributed by atoms with van der Waals surface area (Å²) in [5.74, 6) is -0.636. The number of alkyl carbamates (subject to hydrolysis) is 1. The minimum Gasteiger partial charge on any atom is -0.481 e. The third kappa shape index (κ3) is 4.64. The fourth-order valence-electron chi connectivity index (χ4n) is 5.95. The van der Waals surface area contributed by atoms with Gasteiger partial charge in [0.25, 0.3) is 0 Å². The molecule has 1 saturated heterocycles. The van der Waals surface area contributed by atoms with E-state index in [1.165, 1.54) is 22.3 Å². The first kappa shape index (κ1) is 23.4. The zero-order chi connectivity index (χ0) is 24.5. The van der Waals surface area contributed by atoms with Gasteiger partial charge in [-0.15, -0.1) is 0 Å². The highest BCUT2D eigenvalue weighted by Gasteiger charge is 2.57. The monoisotopic (exact) mass is 476 g/mol. The van der Waals surface area contributed by atoms with E-state index in [4.69, 9.17) is 4.74 Å².